The number of nitrogens with one attached hydrogen (secondary N) is 2. The molecule has 3 aromatic carbocycles. The van der Waals surface area contributed by atoms with Crippen molar-refractivity contribution in [3.05, 3.63) is 106 Å². The number of carbonyl (C=O) groups excluding carboxylic acids is 4. The minimum Gasteiger partial charge on any atom is -0.466 e. The third kappa shape index (κ3) is 10.1. The molecule has 3 aromatic rings. The Morgan fingerprint density at radius 3 is 2.19 bits per heavy atom. The van der Waals surface area contributed by atoms with Gasteiger partial charge in [-0.1, -0.05) is 30.3 Å². The van der Waals surface area contributed by atoms with Gasteiger partial charge in [0.25, 0.3) is 0 Å². The molecule has 0 spiro atoms. The third-order valence-corrected chi connectivity index (χ3v) is 6.00. The highest BCUT2D eigenvalue weighted by Gasteiger charge is 2.11. The molecule has 0 radical (unpaired) electrons. The van der Waals surface area contributed by atoms with E-state index < -0.39 is 11.9 Å². The molecule has 10 nitrogen and oxygen atoms in total. The molecule has 0 fully saturated rings. The van der Waals surface area contributed by atoms with Crippen LogP contribution in [0.15, 0.2) is 72.8 Å². The Labute approximate surface area is 244 Å². The summed E-state index contributed by atoms with van der Waals surface area (Å²) in [5, 5.41) is 10.1. The van der Waals surface area contributed by atoms with Crippen LogP contribution in [0.3, 0.4) is 0 Å². The van der Waals surface area contributed by atoms with E-state index >= 15 is 0 Å². The van der Waals surface area contributed by atoms with E-state index in [-0.39, 0.29) is 43.7 Å². The maximum Gasteiger partial charge on any atom is 0.343 e. The molecular formula is C32H33N3O7. The van der Waals surface area contributed by atoms with Gasteiger partial charge in [-0.2, -0.15) is 0 Å². The number of aryl methyl sites for hydroxylation is 1. The van der Waals surface area contributed by atoms with E-state index in [0.29, 0.717) is 23.5 Å². The second-order valence-electron chi connectivity index (χ2n) is 9.23. The van der Waals surface area contributed by atoms with E-state index in [1.807, 2.05) is 0 Å². The van der Waals surface area contributed by atoms with Gasteiger partial charge >= 0.3 is 17.9 Å². The van der Waals surface area contributed by atoms with Gasteiger partial charge in [0.05, 0.1) is 25.0 Å². The Morgan fingerprint density at radius 1 is 0.881 bits per heavy atom. The molecule has 1 amide bonds. The van der Waals surface area contributed by atoms with E-state index in [2.05, 4.69) is 5.32 Å². The summed E-state index contributed by atoms with van der Waals surface area (Å²) in [6.45, 7) is 4.08. The zero-order chi connectivity index (χ0) is 30.5. The van der Waals surface area contributed by atoms with Gasteiger partial charge in [-0.25, -0.2) is 4.79 Å². The fourth-order valence-corrected chi connectivity index (χ4v) is 3.74. The Hall–Kier alpha value is -5.25. The van der Waals surface area contributed by atoms with E-state index in [9.17, 15) is 19.2 Å². The predicted octanol–water partition coefficient (Wildman–Crippen LogP) is 3.87. The fraction of sp³-hybridized carbons (Fsp3) is 0.219. The SMILES string of the molecule is CCOC(=O)Cc1ccc(COC(=O)CCNC(=O)/C=C/c2ccc(C(=O)Oc3ccc(C(=N)N)cc3)cc2C)cc1. The van der Waals surface area contributed by atoms with Crippen molar-refractivity contribution in [2.45, 2.75) is 33.3 Å². The lowest BCUT2D eigenvalue weighted by atomic mass is 10.0. The van der Waals surface area contributed by atoms with Gasteiger partial charge < -0.3 is 25.3 Å². The third-order valence-electron chi connectivity index (χ3n) is 6.00. The number of nitrogens with two attached hydrogens (primary N) is 1. The number of ether oxygens (including phenoxy) is 3. The molecule has 3 rings (SSSR count). The van der Waals surface area contributed by atoms with E-state index in [1.165, 1.54) is 6.08 Å². The summed E-state index contributed by atoms with van der Waals surface area (Å²) in [4.78, 5) is 48.3. The number of amidine groups is 1. The molecule has 0 unspecified atom stereocenters. The average molecular weight is 572 g/mol. The fourth-order valence-electron chi connectivity index (χ4n) is 3.74. The lowest BCUT2D eigenvalue weighted by Crippen LogP contribution is -2.24. The Balaban J connectivity index is 1.40. The predicted molar refractivity (Wildman–Crippen MR) is 157 cm³/mol. The molecular weight excluding hydrogens is 538 g/mol. The second kappa shape index (κ2) is 15.5. The van der Waals surface area contributed by atoms with Gasteiger partial charge in [0.2, 0.25) is 5.91 Å². The molecule has 0 aliphatic rings. The first-order valence-electron chi connectivity index (χ1n) is 13.3. The van der Waals surface area contributed by atoms with Gasteiger partial charge in [0, 0.05) is 18.2 Å². The quantitative estimate of drug-likeness (QED) is 0.0917. The number of carbonyl (C=O) groups is 4. The summed E-state index contributed by atoms with van der Waals surface area (Å²) in [7, 11) is 0. The summed E-state index contributed by atoms with van der Waals surface area (Å²) in [6.07, 6.45) is 3.15. The number of rotatable bonds is 13. The van der Waals surface area contributed by atoms with Gasteiger partial charge in [0.1, 0.15) is 18.2 Å². The summed E-state index contributed by atoms with van der Waals surface area (Å²) in [5.41, 5.74) is 9.39. The topological polar surface area (TPSA) is 158 Å². The number of esters is 3. The van der Waals surface area contributed by atoms with Crippen molar-refractivity contribution < 1.29 is 33.4 Å². The molecule has 0 saturated heterocycles. The number of hydrogen-bond acceptors (Lipinski definition) is 8. The maximum atomic E-state index is 12.5. The van der Waals surface area contributed by atoms with Crippen molar-refractivity contribution in [1.29, 1.82) is 5.41 Å². The van der Waals surface area contributed by atoms with Crippen LogP contribution in [0.2, 0.25) is 0 Å². The first kappa shape index (κ1) is 31.3. The highest BCUT2D eigenvalue weighted by atomic mass is 16.5. The molecule has 0 aliphatic carbocycles. The number of nitrogen functional groups attached to an aromatic ring is 1. The van der Waals surface area contributed by atoms with Crippen molar-refractivity contribution in [1.82, 2.24) is 5.32 Å². The van der Waals surface area contributed by atoms with Crippen LogP contribution < -0.4 is 15.8 Å². The molecule has 10 heteroatoms. The van der Waals surface area contributed by atoms with Gasteiger partial charge in [0.15, 0.2) is 0 Å². The van der Waals surface area contributed by atoms with Gasteiger partial charge in [-0.15, -0.1) is 0 Å². The molecule has 0 saturated carbocycles. The summed E-state index contributed by atoms with van der Waals surface area (Å²) in [6, 6.07) is 18.4. The van der Waals surface area contributed by atoms with Gasteiger partial charge in [-0.3, -0.25) is 19.8 Å². The lowest BCUT2D eigenvalue weighted by molar-refractivity contribution is -0.145. The zero-order valence-corrected chi connectivity index (χ0v) is 23.5. The zero-order valence-electron chi connectivity index (χ0n) is 23.5. The van der Waals surface area contributed by atoms with E-state index in [0.717, 1.165) is 22.3 Å². The van der Waals surface area contributed by atoms with Crippen molar-refractivity contribution in [2.75, 3.05) is 13.2 Å². The smallest absolute Gasteiger partial charge is 0.343 e. The molecule has 218 valence electrons. The molecule has 0 aliphatic heterocycles. The molecule has 42 heavy (non-hydrogen) atoms. The number of benzene rings is 3. The van der Waals surface area contributed by atoms with E-state index in [1.54, 1.807) is 86.7 Å². The van der Waals surface area contributed by atoms with E-state index in [4.69, 9.17) is 25.4 Å². The average Bonchev–Trinajstić information content (AvgIpc) is 2.96. The van der Waals surface area contributed by atoms with Crippen LogP contribution in [0.1, 0.15) is 51.5 Å². The summed E-state index contributed by atoms with van der Waals surface area (Å²) in [5.74, 6) is -1.42. The number of hydrogen-bond donors (Lipinski definition) is 3. The van der Waals surface area contributed by atoms with Crippen molar-refractivity contribution in [3.63, 3.8) is 0 Å². The molecule has 4 N–H and O–H groups in total. The van der Waals surface area contributed by atoms with Crippen molar-refractivity contribution in [2.24, 2.45) is 5.73 Å². The summed E-state index contributed by atoms with van der Waals surface area (Å²) >= 11 is 0. The largest absolute Gasteiger partial charge is 0.466 e. The Bertz CT molecular complexity index is 1460. The first-order valence-corrected chi connectivity index (χ1v) is 13.3. The molecule has 0 aromatic heterocycles. The molecule has 0 heterocycles. The highest BCUT2D eigenvalue weighted by molar-refractivity contribution is 5.95. The van der Waals surface area contributed by atoms with Crippen LogP contribution in [0.5, 0.6) is 5.75 Å². The van der Waals surface area contributed by atoms with Gasteiger partial charge in [-0.05, 0) is 78.6 Å². The van der Waals surface area contributed by atoms with Crippen molar-refractivity contribution >= 4 is 35.7 Å². The Morgan fingerprint density at radius 2 is 1.55 bits per heavy atom. The van der Waals surface area contributed by atoms with Crippen LogP contribution in [0.25, 0.3) is 6.08 Å². The van der Waals surface area contributed by atoms with Crippen LogP contribution in [-0.2, 0) is 36.9 Å². The second-order valence-corrected chi connectivity index (χ2v) is 9.23. The van der Waals surface area contributed by atoms with Crippen LogP contribution >= 0.6 is 0 Å². The normalized spacial score (nSPS) is 10.6. The van der Waals surface area contributed by atoms with Crippen LogP contribution in [0.4, 0.5) is 0 Å². The molecule has 0 atom stereocenters. The lowest BCUT2D eigenvalue weighted by Gasteiger charge is -2.08. The van der Waals surface area contributed by atoms with Crippen molar-refractivity contribution in [3.8, 4) is 5.75 Å². The summed E-state index contributed by atoms with van der Waals surface area (Å²) < 4.78 is 15.5. The number of amides is 1. The van der Waals surface area contributed by atoms with Crippen LogP contribution in [0, 0.1) is 12.3 Å². The minimum atomic E-state index is -0.542. The van der Waals surface area contributed by atoms with Crippen LogP contribution in [-0.4, -0.2) is 42.8 Å². The standard InChI is InChI=1S/C32H33N3O7/c1-3-40-30(38)19-22-4-6-23(7-5-22)20-41-29(37)16-17-35-28(36)15-12-24-8-9-26(18-21(24)2)32(39)42-27-13-10-25(11-14-27)31(33)34/h4-15,18H,3,16-17,19-20H2,1-2H3,(H3,33,34)(H,35,36)/b15-12+. The first-order chi connectivity index (χ1) is 20.1. The highest BCUT2D eigenvalue weighted by Crippen LogP contribution is 2.17. The maximum absolute atomic E-state index is 12.5. The Kier molecular flexibility index (Phi) is 11.6. The monoisotopic (exact) mass is 571 g/mol. The molecule has 0 bridgehead atoms. The minimum absolute atomic E-state index is 0.00777.